The van der Waals surface area contributed by atoms with Crippen molar-refractivity contribution in [3.05, 3.63) is 57.0 Å². The van der Waals surface area contributed by atoms with E-state index in [0.29, 0.717) is 27.2 Å². The molecule has 0 bridgehead atoms. The predicted molar refractivity (Wildman–Crippen MR) is 126 cm³/mol. The molecule has 0 aliphatic carbocycles. The van der Waals surface area contributed by atoms with Crippen molar-refractivity contribution in [2.45, 2.75) is 59.0 Å². The van der Waals surface area contributed by atoms with E-state index in [1.54, 1.807) is 16.4 Å². The minimum atomic E-state index is -0.602. The van der Waals surface area contributed by atoms with Gasteiger partial charge >= 0.3 is 5.97 Å². The van der Waals surface area contributed by atoms with Crippen LogP contribution in [-0.4, -0.2) is 34.1 Å². The molecule has 0 radical (unpaired) electrons. The van der Waals surface area contributed by atoms with Gasteiger partial charge in [0.2, 0.25) is 0 Å². The highest BCUT2D eigenvalue weighted by atomic mass is 32.1. The Morgan fingerprint density at radius 1 is 1.19 bits per heavy atom. The second kappa shape index (κ2) is 9.24. The molecule has 1 aliphatic rings. The van der Waals surface area contributed by atoms with E-state index in [4.69, 9.17) is 4.74 Å². The zero-order valence-electron chi connectivity index (χ0n) is 18.6. The lowest BCUT2D eigenvalue weighted by molar-refractivity contribution is -0.122. The Labute approximate surface area is 190 Å². The van der Waals surface area contributed by atoms with E-state index in [1.807, 2.05) is 44.2 Å². The second-order valence-corrected chi connectivity index (χ2v) is 9.30. The van der Waals surface area contributed by atoms with Crippen molar-refractivity contribution in [3.63, 3.8) is 0 Å². The molecule has 3 aromatic rings. The molecule has 1 amide bonds. The first-order chi connectivity index (χ1) is 15.4. The van der Waals surface area contributed by atoms with Gasteiger partial charge in [-0.05, 0) is 51.3 Å². The molecule has 168 valence electrons. The summed E-state index contributed by atoms with van der Waals surface area (Å²) in [6, 6.07) is 9.20. The number of ether oxygens (including phenoxy) is 1. The number of para-hydroxylation sites is 1. The van der Waals surface area contributed by atoms with Crippen LogP contribution in [-0.2, 0) is 22.5 Å². The average Bonchev–Trinajstić information content (AvgIpc) is 2.94. The maximum atomic E-state index is 13.1. The third-order valence-corrected chi connectivity index (χ3v) is 6.91. The molecule has 0 saturated carbocycles. The zero-order valence-corrected chi connectivity index (χ0v) is 19.4. The van der Waals surface area contributed by atoms with Gasteiger partial charge in [0.1, 0.15) is 15.5 Å². The van der Waals surface area contributed by atoms with Gasteiger partial charge in [-0.3, -0.25) is 14.2 Å². The van der Waals surface area contributed by atoms with Gasteiger partial charge in [-0.25, -0.2) is 9.78 Å². The van der Waals surface area contributed by atoms with Crippen molar-refractivity contribution in [2.75, 3.05) is 11.5 Å². The van der Waals surface area contributed by atoms with Gasteiger partial charge in [0.15, 0.2) is 6.61 Å². The van der Waals surface area contributed by atoms with E-state index in [9.17, 15) is 14.4 Å². The molecular formula is C24H27N3O4S. The van der Waals surface area contributed by atoms with Crippen molar-refractivity contribution in [1.29, 1.82) is 0 Å². The molecule has 0 unspecified atom stereocenters. The Morgan fingerprint density at radius 3 is 2.66 bits per heavy atom. The fourth-order valence-electron chi connectivity index (χ4n) is 4.19. The van der Waals surface area contributed by atoms with Crippen LogP contribution in [0.5, 0.6) is 0 Å². The monoisotopic (exact) mass is 453 g/mol. The number of aryl methyl sites for hydroxylation is 2. The zero-order chi connectivity index (χ0) is 22.8. The Balaban J connectivity index is 1.56. The molecule has 0 saturated heterocycles. The molecule has 8 heteroatoms. The second-order valence-electron chi connectivity index (χ2n) is 8.30. The molecule has 0 N–H and O–H groups in total. The number of carbonyl (C=O) groups excluding carboxylic acids is 2. The summed E-state index contributed by atoms with van der Waals surface area (Å²) in [5, 5.41) is 0.479. The number of hydrogen-bond acceptors (Lipinski definition) is 6. The quantitative estimate of drug-likeness (QED) is 0.544. The van der Waals surface area contributed by atoms with Gasteiger partial charge < -0.3 is 9.64 Å². The lowest BCUT2D eigenvalue weighted by Gasteiger charge is -2.26. The molecule has 1 aromatic carbocycles. The number of esters is 1. The van der Waals surface area contributed by atoms with E-state index in [2.05, 4.69) is 4.98 Å². The van der Waals surface area contributed by atoms with Gasteiger partial charge in [0, 0.05) is 24.7 Å². The predicted octanol–water partition coefficient (Wildman–Crippen LogP) is 4.09. The number of thiophene rings is 1. The molecule has 0 spiro atoms. The number of nitrogens with zero attached hydrogens (tertiary/aromatic N) is 3. The summed E-state index contributed by atoms with van der Waals surface area (Å²) in [5.74, 6) is -0.120. The number of fused-ring (bicyclic) bond motifs is 2. The SMILES string of the molecule is Cc1c(C(=O)OCC(=O)N(c2ccccc2)C(C)C)sc2nc3n(c(=O)c12)CCCCC3. The summed E-state index contributed by atoms with van der Waals surface area (Å²) < 4.78 is 7.13. The lowest BCUT2D eigenvalue weighted by Crippen LogP contribution is -2.39. The molecule has 3 heterocycles. The first-order valence-corrected chi connectivity index (χ1v) is 11.8. The molecule has 4 rings (SSSR count). The Bertz CT molecular complexity index is 1210. The van der Waals surface area contributed by atoms with Crippen LogP contribution in [0.3, 0.4) is 0 Å². The van der Waals surface area contributed by atoms with Gasteiger partial charge in [-0.2, -0.15) is 0 Å². The van der Waals surface area contributed by atoms with E-state index < -0.39 is 5.97 Å². The van der Waals surface area contributed by atoms with Gasteiger partial charge in [-0.1, -0.05) is 24.6 Å². The summed E-state index contributed by atoms with van der Waals surface area (Å²) in [6.45, 7) is 5.85. The Kier molecular flexibility index (Phi) is 6.41. The average molecular weight is 454 g/mol. The smallest absolute Gasteiger partial charge is 0.349 e. The standard InChI is InChI=1S/C24H27N3O4S/c1-15(2)27(17-10-6-4-7-11-17)19(28)14-31-24(30)21-16(3)20-22(32-21)25-18-12-8-5-9-13-26(18)23(20)29/h4,6-7,10-11,15H,5,8-9,12-14H2,1-3H3. The molecule has 7 nitrogen and oxygen atoms in total. The van der Waals surface area contributed by atoms with Gasteiger partial charge in [0.05, 0.1) is 5.39 Å². The Morgan fingerprint density at radius 2 is 1.94 bits per heavy atom. The van der Waals surface area contributed by atoms with Gasteiger partial charge in [0.25, 0.3) is 11.5 Å². The van der Waals surface area contributed by atoms with Crippen molar-refractivity contribution < 1.29 is 14.3 Å². The van der Waals surface area contributed by atoms with Crippen molar-refractivity contribution >= 4 is 39.1 Å². The van der Waals surface area contributed by atoms with E-state index in [0.717, 1.165) is 48.5 Å². The number of amides is 1. The van der Waals surface area contributed by atoms with Crippen LogP contribution >= 0.6 is 11.3 Å². The molecule has 1 aliphatic heterocycles. The summed E-state index contributed by atoms with van der Waals surface area (Å²) in [6.07, 6.45) is 3.81. The molecular weight excluding hydrogens is 426 g/mol. The maximum absolute atomic E-state index is 13.1. The summed E-state index contributed by atoms with van der Waals surface area (Å²) in [4.78, 5) is 45.9. The summed E-state index contributed by atoms with van der Waals surface area (Å²) in [7, 11) is 0. The molecule has 2 aromatic heterocycles. The lowest BCUT2D eigenvalue weighted by atomic mass is 10.2. The summed E-state index contributed by atoms with van der Waals surface area (Å²) in [5.41, 5.74) is 1.23. The summed E-state index contributed by atoms with van der Waals surface area (Å²) >= 11 is 1.16. The number of aromatic nitrogens is 2. The normalized spacial score (nSPS) is 13.6. The van der Waals surface area contributed by atoms with E-state index in [1.165, 1.54) is 0 Å². The maximum Gasteiger partial charge on any atom is 0.349 e. The van der Waals surface area contributed by atoms with Crippen LogP contribution in [0.15, 0.2) is 35.1 Å². The highest BCUT2D eigenvalue weighted by molar-refractivity contribution is 7.20. The van der Waals surface area contributed by atoms with E-state index >= 15 is 0 Å². The first-order valence-electron chi connectivity index (χ1n) is 11.0. The third-order valence-electron chi connectivity index (χ3n) is 5.74. The minimum Gasteiger partial charge on any atom is -0.451 e. The van der Waals surface area contributed by atoms with Crippen LogP contribution in [0.25, 0.3) is 10.2 Å². The van der Waals surface area contributed by atoms with Gasteiger partial charge in [-0.15, -0.1) is 11.3 Å². The van der Waals surface area contributed by atoms with Crippen molar-refractivity contribution in [2.24, 2.45) is 0 Å². The number of rotatable bonds is 5. The number of benzene rings is 1. The van der Waals surface area contributed by atoms with Crippen LogP contribution in [0.1, 0.15) is 54.2 Å². The Hall–Kier alpha value is -3.00. The molecule has 32 heavy (non-hydrogen) atoms. The van der Waals surface area contributed by atoms with Crippen LogP contribution in [0, 0.1) is 6.92 Å². The fourth-order valence-corrected chi connectivity index (χ4v) is 5.27. The number of anilines is 1. The van der Waals surface area contributed by atoms with Crippen LogP contribution < -0.4 is 10.5 Å². The van der Waals surface area contributed by atoms with Crippen LogP contribution in [0.2, 0.25) is 0 Å². The molecule has 0 atom stereocenters. The minimum absolute atomic E-state index is 0.0886. The first kappa shape index (κ1) is 22.2. The van der Waals surface area contributed by atoms with Crippen LogP contribution in [0.4, 0.5) is 5.69 Å². The van der Waals surface area contributed by atoms with Crippen molar-refractivity contribution in [1.82, 2.24) is 9.55 Å². The largest absolute Gasteiger partial charge is 0.451 e. The topological polar surface area (TPSA) is 81.5 Å². The van der Waals surface area contributed by atoms with Crippen molar-refractivity contribution in [3.8, 4) is 0 Å². The van der Waals surface area contributed by atoms with E-state index in [-0.39, 0.29) is 24.1 Å². The fraction of sp³-hybridized carbons (Fsp3) is 0.417. The number of carbonyl (C=O) groups is 2. The third kappa shape index (κ3) is 4.19. The number of hydrogen-bond donors (Lipinski definition) is 0. The molecule has 0 fully saturated rings. The highest BCUT2D eigenvalue weighted by Crippen LogP contribution is 2.29. The highest BCUT2D eigenvalue weighted by Gasteiger charge is 2.25.